The van der Waals surface area contributed by atoms with Gasteiger partial charge >= 0.3 is 0 Å². The van der Waals surface area contributed by atoms with Gasteiger partial charge in [0.2, 0.25) is 0 Å². The summed E-state index contributed by atoms with van der Waals surface area (Å²) in [4.78, 5) is 18.8. The number of hydrogen-bond acceptors (Lipinski definition) is 3. The quantitative estimate of drug-likeness (QED) is 0.286. The minimum atomic E-state index is -0.211. The highest BCUT2D eigenvalue weighted by Gasteiger charge is 2.17. The molecule has 3 rings (SSSR count). The van der Waals surface area contributed by atoms with Crippen molar-refractivity contribution in [1.29, 1.82) is 0 Å². The van der Waals surface area contributed by atoms with Crippen LogP contribution in [0.4, 0.5) is 4.39 Å². The van der Waals surface area contributed by atoms with Crippen molar-refractivity contribution in [3.05, 3.63) is 70.5 Å². The van der Waals surface area contributed by atoms with Crippen LogP contribution in [0, 0.1) is 5.82 Å². The lowest BCUT2D eigenvalue weighted by atomic mass is 10.1. The van der Waals surface area contributed by atoms with Crippen LogP contribution in [0.25, 0.3) is 0 Å². The highest BCUT2D eigenvalue weighted by molar-refractivity contribution is 14.0. The topological polar surface area (TPSA) is 56.7 Å². The summed E-state index contributed by atoms with van der Waals surface area (Å²) in [5, 5.41) is 6.59. The molecule has 1 amide bonds. The van der Waals surface area contributed by atoms with E-state index in [0.717, 1.165) is 53.9 Å². The summed E-state index contributed by atoms with van der Waals surface area (Å²) in [5.41, 5.74) is 3.86. The lowest BCUT2D eigenvalue weighted by Gasteiger charge is -2.26. The Morgan fingerprint density at radius 2 is 1.72 bits per heavy atom. The number of hydrogen-bond donors (Lipinski definition) is 2. The molecule has 2 aromatic rings. The van der Waals surface area contributed by atoms with Crippen LogP contribution < -0.4 is 10.6 Å². The predicted molar refractivity (Wildman–Crippen MR) is 142 cm³/mol. The molecule has 2 N–H and O–H groups in total. The molecule has 1 aliphatic heterocycles. The summed E-state index contributed by atoms with van der Waals surface area (Å²) < 4.78 is 13.5. The van der Waals surface area contributed by atoms with E-state index < -0.39 is 0 Å². The maximum atomic E-state index is 13.5. The maximum Gasteiger partial charge on any atom is 0.253 e. The highest BCUT2D eigenvalue weighted by atomic mass is 127. The van der Waals surface area contributed by atoms with Gasteiger partial charge in [0.05, 0.1) is 0 Å². The SMILES string of the molecule is CN=C(NCc1ccc(C(=O)N2CCCCC2)cc1)NCc1ccc(F)cc1CSC.I. The van der Waals surface area contributed by atoms with Gasteiger partial charge < -0.3 is 15.5 Å². The molecule has 0 unspecified atom stereocenters. The minimum absolute atomic E-state index is 0. The summed E-state index contributed by atoms with van der Waals surface area (Å²) >= 11 is 1.67. The van der Waals surface area contributed by atoms with E-state index in [4.69, 9.17) is 0 Å². The van der Waals surface area contributed by atoms with Crippen molar-refractivity contribution >= 4 is 47.6 Å². The number of guanidine groups is 1. The first-order valence-corrected chi connectivity index (χ1v) is 12.1. The first kappa shape index (κ1) is 26.4. The second-order valence-electron chi connectivity index (χ2n) is 7.68. The summed E-state index contributed by atoms with van der Waals surface area (Å²) in [6.07, 6.45) is 5.41. The van der Waals surface area contributed by atoms with Gasteiger partial charge in [0.1, 0.15) is 5.82 Å². The van der Waals surface area contributed by atoms with Gasteiger partial charge in [-0.1, -0.05) is 18.2 Å². The van der Waals surface area contributed by atoms with Crippen molar-refractivity contribution in [3.63, 3.8) is 0 Å². The second kappa shape index (κ2) is 13.7. The molecular weight excluding hydrogens is 538 g/mol. The van der Waals surface area contributed by atoms with E-state index in [1.54, 1.807) is 24.9 Å². The van der Waals surface area contributed by atoms with Crippen molar-refractivity contribution < 1.29 is 9.18 Å². The van der Waals surface area contributed by atoms with Gasteiger partial charge in [-0.05, 0) is 66.5 Å². The van der Waals surface area contributed by atoms with Crippen molar-refractivity contribution in [2.75, 3.05) is 26.4 Å². The number of likely N-dealkylation sites (tertiary alicyclic amines) is 1. The molecule has 8 heteroatoms. The van der Waals surface area contributed by atoms with Crippen LogP contribution in [0.1, 0.15) is 46.3 Å². The first-order chi connectivity index (χ1) is 15.1. The molecule has 0 radical (unpaired) electrons. The molecule has 5 nitrogen and oxygen atoms in total. The molecule has 0 aliphatic carbocycles. The molecule has 0 aromatic heterocycles. The fraction of sp³-hybridized carbons (Fsp3) is 0.417. The zero-order valence-electron chi connectivity index (χ0n) is 18.7. The van der Waals surface area contributed by atoms with Crippen LogP contribution in [-0.2, 0) is 18.8 Å². The van der Waals surface area contributed by atoms with E-state index in [1.807, 2.05) is 41.5 Å². The van der Waals surface area contributed by atoms with E-state index in [-0.39, 0.29) is 35.7 Å². The lowest BCUT2D eigenvalue weighted by Crippen LogP contribution is -2.36. The number of carbonyl (C=O) groups is 1. The smallest absolute Gasteiger partial charge is 0.253 e. The Labute approximate surface area is 211 Å². The van der Waals surface area contributed by atoms with Crippen LogP contribution in [0.3, 0.4) is 0 Å². The third kappa shape index (κ3) is 7.65. The molecule has 0 bridgehead atoms. The van der Waals surface area contributed by atoms with Crippen molar-refractivity contribution in [1.82, 2.24) is 15.5 Å². The van der Waals surface area contributed by atoms with Crippen LogP contribution in [0.5, 0.6) is 0 Å². The highest BCUT2D eigenvalue weighted by Crippen LogP contribution is 2.17. The number of nitrogens with zero attached hydrogens (tertiary/aromatic N) is 2. The molecule has 0 spiro atoms. The van der Waals surface area contributed by atoms with Crippen molar-refractivity contribution in [2.45, 2.75) is 38.1 Å². The third-order valence-electron chi connectivity index (χ3n) is 5.44. The van der Waals surface area contributed by atoms with E-state index in [1.165, 1.54) is 12.5 Å². The van der Waals surface area contributed by atoms with Crippen LogP contribution in [-0.4, -0.2) is 43.2 Å². The van der Waals surface area contributed by atoms with Gasteiger partial charge in [0.25, 0.3) is 5.91 Å². The fourth-order valence-corrected chi connectivity index (χ4v) is 4.27. The molecule has 2 aromatic carbocycles. The van der Waals surface area contributed by atoms with E-state index in [2.05, 4.69) is 15.6 Å². The van der Waals surface area contributed by atoms with E-state index in [9.17, 15) is 9.18 Å². The van der Waals surface area contributed by atoms with Crippen LogP contribution in [0.15, 0.2) is 47.5 Å². The van der Waals surface area contributed by atoms with Crippen LogP contribution >= 0.6 is 35.7 Å². The molecular formula is C24H32FIN4OS. The summed E-state index contributed by atoms with van der Waals surface area (Å²) in [7, 11) is 1.73. The van der Waals surface area contributed by atoms with Crippen molar-refractivity contribution in [3.8, 4) is 0 Å². The molecule has 1 heterocycles. The normalized spacial score (nSPS) is 14.0. The molecule has 1 fully saturated rings. The van der Waals surface area contributed by atoms with Gasteiger partial charge in [0.15, 0.2) is 5.96 Å². The number of benzene rings is 2. The van der Waals surface area contributed by atoms with Gasteiger partial charge in [-0.25, -0.2) is 4.39 Å². The molecule has 1 aliphatic rings. The zero-order valence-corrected chi connectivity index (χ0v) is 21.8. The molecule has 0 saturated carbocycles. The standard InChI is InChI=1S/C24H31FN4OS.HI/c1-26-24(28-16-20-10-11-22(25)14-21(20)17-31-2)27-15-18-6-8-19(9-7-18)23(30)29-12-4-3-5-13-29;/h6-11,14H,3-5,12-13,15-17H2,1-2H3,(H2,26,27,28);1H. The summed E-state index contributed by atoms with van der Waals surface area (Å²) in [6, 6.07) is 12.7. The predicted octanol–water partition coefficient (Wildman–Crippen LogP) is 4.80. The van der Waals surface area contributed by atoms with E-state index in [0.29, 0.717) is 19.0 Å². The van der Waals surface area contributed by atoms with Gasteiger partial charge in [-0.3, -0.25) is 9.79 Å². The number of piperidine rings is 1. The van der Waals surface area contributed by atoms with Crippen molar-refractivity contribution in [2.24, 2.45) is 4.99 Å². The Bertz CT molecular complexity index is 901. The number of halogens is 2. The Balaban J connectivity index is 0.00000363. The number of amides is 1. The summed E-state index contributed by atoms with van der Waals surface area (Å²) in [6.45, 7) is 2.88. The maximum absolute atomic E-state index is 13.5. The summed E-state index contributed by atoms with van der Waals surface area (Å²) in [5.74, 6) is 1.35. The molecule has 174 valence electrons. The number of aliphatic imine (C=N–C) groups is 1. The van der Waals surface area contributed by atoms with Gasteiger partial charge in [0, 0.05) is 44.5 Å². The Hall–Kier alpha value is -1.81. The van der Waals surface area contributed by atoms with Gasteiger partial charge in [-0.2, -0.15) is 11.8 Å². The third-order valence-corrected chi connectivity index (χ3v) is 6.04. The Morgan fingerprint density at radius 1 is 1.03 bits per heavy atom. The molecule has 1 saturated heterocycles. The number of carbonyl (C=O) groups excluding carboxylic acids is 1. The fourth-order valence-electron chi connectivity index (χ4n) is 3.69. The number of thioether (sulfide) groups is 1. The Morgan fingerprint density at radius 3 is 2.38 bits per heavy atom. The zero-order chi connectivity index (χ0) is 22.1. The average molecular weight is 571 g/mol. The lowest BCUT2D eigenvalue weighted by molar-refractivity contribution is 0.0724. The van der Waals surface area contributed by atoms with Crippen LogP contribution in [0.2, 0.25) is 0 Å². The van der Waals surface area contributed by atoms with Gasteiger partial charge in [-0.15, -0.1) is 24.0 Å². The first-order valence-electron chi connectivity index (χ1n) is 10.7. The molecule has 32 heavy (non-hydrogen) atoms. The number of nitrogens with one attached hydrogen (secondary N) is 2. The van der Waals surface area contributed by atoms with E-state index >= 15 is 0 Å². The number of rotatable bonds is 7. The largest absolute Gasteiger partial charge is 0.352 e. The average Bonchev–Trinajstić information content (AvgIpc) is 2.81. The monoisotopic (exact) mass is 570 g/mol. The second-order valence-corrected chi connectivity index (χ2v) is 8.54. The Kier molecular flexibility index (Phi) is 11.3. The molecule has 0 atom stereocenters. The minimum Gasteiger partial charge on any atom is -0.352 e.